The summed E-state index contributed by atoms with van der Waals surface area (Å²) in [5.74, 6) is 0.692. The zero-order valence-electron chi connectivity index (χ0n) is 10.3. The summed E-state index contributed by atoms with van der Waals surface area (Å²) in [6.45, 7) is 0.677. The molecule has 0 amide bonds. The molecule has 92 valence electrons. The first-order chi connectivity index (χ1) is 8.86. The van der Waals surface area contributed by atoms with Gasteiger partial charge in [-0.05, 0) is 29.7 Å². The largest absolute Gasteiger partial charge is 0.462 e. The van der Waals surface area contributed by atoms with Gasteiger partial charge in [-0.1, -0.05) is 30.3 Å². The molecule has 0 radical (unpaired) electrons. The van der Waals surface area contributed by atoms with Gasteiger partial charge in [0.25, 0.3) is 0 Å². The van der Waals surface area contributed by atoms with Crippen LogP contribution < -0.4 is 4.74 Å². The molecule has 0 N–H and O–H groups in total. The van der Waals surface area contributed by atoms with E-state index in [1.54, 1.807) is 0 Å². The van der Waals surface area contributed by atoms with E-state index in [4.69, 9.17) is 9.47 Å². The van der Waals surface area contributed by atoms with Gasteiger partial charge < -0.3 is 9.47 Å². The second-order valence-electron chi connectivity index (χ2n) is 5.27. The third kappa shape index (κ3) is 1.45. The van der Waals surface area contributed by atoms with Gasteiger partial charge in [0.2, 0.25) is 5.79 Å². The van der Waals surface area contributed by atoms with Crippen LogP contribution in [0.15, 0.2) is 36.4 Å². The molecule has 1 saturated carbocycles. The molecule has 0 saturated heterocycles. The highest BCUT2D eigenvalue weighted by atomic mass is 16.7. The number of hydrogen-bond acceptors (Lipinski definition) is 2. The van der Waals surface area contributed by atoms with Crippen LogP contribution in [0.25, 0.3) is 10.8 Å². The molecule has 2 aromatic rings. The number of ether oxygens (including phenoxy) is 2. The maximum absolute atomic E-state index is 6.17. The predicted molar refractivity (Wildman–Crippen MR) is 70.6 cm³/mol. The highest BCUT2D eigenvalue weighted by molar-refractivity contribution is 5.87. The van der Waals surface area contributed by atoms with Crippen LogP contribution in [0, 0.1) is 0 Å². The third-order valence-electron chi connectivity index (χ3n) is 4.14. The van der Waals surface area contributed by atoms with Gasteiger partial charge in [-0.2, -0.15) is 0 Å². The Morgan fingerprint density at radius 2 is 1.78 bits per heavy atom. The van der Waals surface area contributed by atoms with Gasteiger partial charge in [-0.3, -0.25) is 0 Å². The molecule has 1 heterocycles. The van der Waals surface area contributed by atoms with E-state index >= 15 is 0 Å². The molecule has 1 aliphatic carbocycles. The number of benzene rings is 2. The van der Waals surface area contributed by atoms with Gasteiger partial charge in [-0.15, -0.1) is 0 Å². The topological polar surface area (TPSA) is 18.5 Å². The minimum absolute atomic E-state index is 0.324. The van der Waals surface area contributed by atoms with Crippen molar-refractivity contribution < 1.29 is 9.47 Å². The summed E-state index contributed by atoms with van der Waals surface area (Å²) < 4.78 is 12.2. The quantitative estimate of drug-likeness (QED) is 0.692. The Balaban J connectivity index is 1.83. The Kier molecular flexibility index (Phi) is 2.15. The highest BCUT2D eigenvalue weighted by Crippen LogP contribution is 2.43. The van der Waals surface area contributed by atoms with E-state index < -0.39 is 0 Å². The molecule has 1 spiro atoms. The van der Waals surface area contributed by atoms with Gasteiger partial charge in [0, 0.05) is 18.4 Å². The van der Waals surface area contributed by atoms with Crippen LogP contribution in [0.5, 0.6) is 5.75 Å². The molecule has 2 aliphatic rings. The van der Waals surface area contributed by atoms with Crippen molar-refractivity contribution in [1.29, 1.82) is 0 Å². The van der Waals surface area contributed by atoms with E-state index in [9.17, 15) is 0 Å². The standard InChI is InChI=1S/C16H16O2/c1-2-6-13-12(5-1)7-8-15-14(13)11-17-16(18-15)9-3-4-10-16/h1-2,5-8H,3-4,9-11H2. The number of fused-ring (bicyclic) bond motifs is 3. The summed E-state index contributed by atoms with van der Waals surface area (Å²) in [6, 6.07) is 12.7. The Labute approximate surface area is 107 Å². The van der Waals surface area contributed by atoms with Gasteiger partial charge >= 0.3 is 0 Å². The van der Waals surface area contributed by atoms with Crippen LogP contribution in [-0.4, -0.2) is 5.79 Å². The van der Waals surface area contributed by atoms with Crippen molar-refractivity contribution in [2.75, 3.05) is 0 Å². The fourth-order valence-electron chi connectivity index (χ4n) is 3.15. The second kappa shape index (κ2) is 3.72. The van der Waals surface area contributed by atoms with Crippen molar-refractivity contribution in [3.8, 4) is 5.75 Å². The van der Waals surface area contributed by atoms with Gasteiger partial charge in [0.15, 0.2) is 0 Å². The summed E-state index contributed by atoms with van der Waals surface area (Å²) in [7, 11) is 0. The molecule has 2 heteroatoms. The molecule has 1 fully saturated rings. The van der Waals surface area contributed by atoms with E-state index in [0.29, 0.717) is 6.61 Å². The van der Waals surface area contributed by atoms with Crippen molar-refractivity contribution in [3.63, 3.8) is 0 Å². The van der Waals surface area contributed by atoms with Crippen LogP contribution in [-0.2, 0) is 11.3 Å². The summed E-state index contributed by atoms with van der Waals surface area (Å²) in [5, 5.41) is 2.51. The molecule has 0 aromatic heterocycles. The van der Waals surface area contributed by atoms with Crippen LogP contribution in [0.2, 0.25) is 0 Å². The fraction of sp³-hybridized carbons (Fsp3) is 0.375. The first-order valence-electron chi connectivity index (χ1n) is 6.70. The fourth-order valence-corrected chi connectivity index (χ4v) is 3.15. The Bertz CT molecular complexity index is 597. The average molecular weight is 240 g/mol. The normalized spacial score (nSPS) is 20.9. The molecular weight excluding hydrogens is 224 g/mol. The summed E-state index contributed by atoms with van der Waals surface area (Å²) in [6.07, 6.45) is 4.48. The highest BCUT2D eigenvalue weighted by Gasteiger charge is 2.40. The van der Waals surface area contributed by atoms with E-state index in [-0.39, 0.29) is 5.79 Å². The average Bonchev–Trinajstić information content (AvgIpc) is 2.86. The molecule has 0 bridgehead atoms. The third-order valence-corrected chi connectivity index (χ3v) is 4.14. The number of hydrogen-bond donors (Lipinski definition) is 0. The first-order valence-corrected chi connectivity index (χ1v) is 6.70. The number of rotatable bonds is 0. The monoisotopic (exact) mass is 240 g/mol. The van der Waals surface area contributed by atoms with E-state index in [2.05, 4.69) is 36.4 Å². The minimum Gasteiger partial charge on any atom is -0.462 e. The van der Waals surface area contributed by atoms with Crippen molar-refractivity contribution in [1.82, 2.24) is 0 Å². The lowest BCUT2D eigenvalue weighted by Crippen LogP contribution is -2.39. The molecule has 0 atom stereocenters. The van der Waals surface area contributed by atoms with Crippen molar-refractivity contribution in [2.45, 2.75) is 38.1 Å². The van der Waals surface area contributed by atoms with Crippen LogP contribution in [0.3, 0.4) is 0 Å². The summed E-state index contributed by atoms with van der Waals surface area (Å²) >= 11 is 0. The Hall–Kier alpha value is -1.54. The maximum atomic E-state index is 6.17. The zero-order chi connectivity index (χ0) is 12.0. The lowest BCUT2D eigenvalue weighted by atomic mass is 10.0. The minimum atomic E-state index is -0.324. The van der Waals surface area contributed by atoms with Crippen LogP contribution in [0.4, 0.5) is 0 Å². The molecular formula is C16H16O2. The van der Waals surface area contributed by atoms with E-state index in [1.165, 1.54) is 29.2 Å². The summed E-state index contributed by atoms with van der Waals surface area (Å²) in [4.78, 5) is 0. The summed E-state index contributed by atoms with van der Waals surface area (Å²) in [5.41, 5.74) is 1.20. The SMILES string of the molecule is c1ccc2c3c(ccc2c1)OC1(CCCC1)OC3. The zero-order valence-corrected chi connectivity index (χ0v) is 10.3. The Morgan fingerprint density at radius 1 is 0.944 bits per heavy atom. The van der Waals surface area contributed by atoms with Crippen LogP contribution in [0.1, 0.15) is 31.2 Å². The predicted octanol–water partition coefficient (Wildman–Crippen LogP) is 4.02. The lowest BCUT2D eigenvalue weighted by Gasteiger charge is -2.35. The van der Waals surface area contributed by atoms with E-state index in [0.717, 1.165) is 18.6 Å². The molecule has 1 aliphatic heterocycles. The smallest absolute Gasteiger partial charge is 0.210 e. The first kappa shape index (κ1) is 10.4. The second-order valence-corrected chi connectivity index (χ2v) is 5.27. The van der Waals surface area contributed by atoms with Crippen molar-refractivity contribution in [2.24, 2.45) is 0 Å². The van der Waals surface area contributed by atoms with Crippen LogP contribution >= 0.6 is 0 Å². The molecule has 2 aromatic carbocycles. The molecule has 4 rings (SSSR count). The van der Waals surface area contributed by atoms with Crippen molar-refractivity contribution >= 4 is 10.8 Å². The molecule has 0 unspecified atom stereocenters. The van der Waals surface area contributed by atoms with Gasteiger partial charge in [0.1, 0.15) is 5.75 Å². The van der Waals surface area contributed by atoms with Gasteiger partial charge in [0.05, 0.1) is 6.61 Å². The molecule has 2 nitrogen and oxygen atoms in total. The van der Waals surface area contributed by atoms with E-state index in [1.807, 2.05) is 0 Å². The lowest BCUT2D eigenvalue weighted by molar-refractivity contribution is -0.200. The Morgan fingerprint density at radius 3 is 2.67 bits per heavy atom. The molecule has 18 heavy (non-hydrogen) atoms. The van der Waals surface area contributed by atoms with Crippen molar-refractivity contribution in [3.05, 3.63) is 42.0 Å². The maximum Gasteiger partial charge on any atom is 0.210 e. The van der Waals surface area contributed by atoms with Gasteiger partial charge in [-0.25, -0.2) is 0 Å².